The van der Waals surface area contributed by atoms with Crippen LogP contribution in [0.2, 0.25) is 0 Å². The Labute approximate surface area is 173 Å². The summed E-state index contributed by atoms with van der Waals surface area (Å²) in [5, 5.41) is 24.7. The van der Waals surface area contributed by atoms with Crippen molar-refractivity contribution in [3.8, 4) is 11.5 Å². The minimum absolute atomic E-state index is 0.00539. The second-order valence-corrected chi connectivity index (χ2v) is 7.82. The first-order valence-corrected chi connectivity index (χ1v) is 9.60. The fraction of sp³-hybridized carbons (Fsp3) is 0.318. The molecule has 3 N–H and O–H groups in total. The first-order chi connectivity index (χ1) is 14.3. The predicted molar refractivity (Wildman–Crippen MR) is 102 cm³/mol. The SMILES string of the molecule is COc1cccc([C@@H]2[NH2+][C@@](Cc3ccccc3)(C(=O)[O-])[C@@H]3C(=O)N(C)C(=O)[C@H]32)c1O. The van der Waals surface area contributed by atoms with Gasteiger partial charge in [-0.1, -0.05) is 36.4 Å². The Morgan fingerprint density at radius 3 is 2.50 bits per heavy atom. The molecule has 2 aliphatic rings. The lowest BCUT2D eigenvalue weighted by molar-refractivity contribution is -0.738. The number of phenols is 1. The minimum atomic E-state index is -1.69. The normalized spacial score (nSPS) is 27.9. The second kappa shape index (κ2) is 7.14. The average Bonchev–Trinajstić information content (AvgIpc) is 3.19. The molecule has 2 heterocycles. The number of carboxylic acids is 1. The number of aromatic hydroxyl groups is 1. The molecule has 0 aliphatic carbocycles. The maximum atomic E-state index is 13.0. The van der Waals surface area contributed by atoms with Crippen LogP contribution in [-0.4, -0.2) is 47.5 Å². The molecule has 0 spiro atoms. The Kier molecular flexibility index (Phi) is 4.74. The lowest BCUT2D eigenvalue weighted by Crippen LogP contribution is -2.99. The molecule has 2 aromatic rings. The van der Waals surface area contributed by atoms with Crippen molar-refractivity contribution >= 4 is 17.8 Å². The number of rotatable bonds is 5. The smallest absolute Gasteiger partial charge is 0.239 e. The first-order valence-electron chi connectivity index (χ1n) is 9.60. The third kappa shape index (κ3) is 2.75. The number of hydrogen-bond acceptors (Lipinski definition) is 6. The number of likely N-dealkylation sites (tertiary alicyclic amines) is 1. The lowest BCUT2D eigenvalue weighted by Gasteiger charge is -2.32. The van der Waals surface area contributed by atoms with Crippen LogP contribution >= 0.6 is 0 Å². The van der Waals surface area contributed by atoms with Gasteiger partial charge in [-0.2, -0.15) is 0 Å². The Morgan fingerprint density at radius 1 is 1.17 bits per heavy atom. The Bertz CT molecular complexity index is 1020. The molecule has 4 atom stereocenters. The van der Waals surface area contributed by atoms with E-state index in [1.54, 1.807) is 42.5 Å². The van der Waals surface area contributed by atoms with Crippen LogP contribution in [0.25, 0.3) is 0 Å². The Balaban J connectivity index is 1.88. The van der Waals surface area contributed by atoms with Crippen molar-refractivity contribution in [3.05, 3.63) is 59.7 Å². The average molecular weight is 410 g/mol. The number of fused-ring (bicyclic) bond motifs is 1. The summed E-state index contributed by atoms with van der Waals surface area (Å²) in [4.78, 5) is 39.5. The highest BCUT2D eigenvalue weighted by molar-refractivity contribution is 6.08. The largest absolute Gasteiger partial charge is 0.544 e. The summed E-state index contributed by atoms with van der Waals surface area (Å²) in [6.07, 6.45) is 0.00539. The molecule has 0 radical (unpaired) electrons. The van der Waals surface area contributed by atoms with E-state index in [-0.39, 0.29) is 17.9 Å². The molecule has 2 saturated heterocycles. The molecule has 4 rings (SSSR count). The molecule has 2 fully saturated rings. The van der Waals surface area contributed by atoms with E-state index >= 15 is 0 Å². The minimum Gasteiger partial charge on any atom is -0.544 e. The van der Waals surface area contributed by atoms with Gasteiger partial charge in [-0.3, -0.25) is 14.5 Å². The van der Waals surface area contributed by atoms with Crippen LogP contribution in [-0.2, 0) is 20.8 Å². The van der Waals surface area contributed by atoms with E-state index in [1.165, 1.54) is 19.5 Å². The van der Waals surface area contributed by atoms with Crippen molar-refractivity contribution in [2.24, 2.45) is 11.8 Å². The summed E-state index contributed by atoms with van der Waals surface area (Å²) in [7, 11) is 2.76. The van der Waals surface area contributed by atoms with Crippen LogP contribution < -0.4 is 15.2 Å². The number of nitrogens with two attached hydrogens (primary N) is 1. The van der Waals surface area contributed by atoms with E-state index in [9.17, 15) is 24.6 Å². The number of carbonyl (C=O) groups is 3. The van der Waals surface area contributed by atoms with Crippen molar-refractivity contribution in [2.45, 2.75) is 18.0 Å². The molecule has 2 aliphatic heterocycles. The van der Waals surface area contributed by atoms with Crippen LogP contribution in [0.4, 0.5) is 0 Å². The maximum Gasteiger partial charge on any atom is 0.239 e. The van der Waals surface area contributed by atoms with E-state index in [2.05, 4.69) is 0 Å². The number of phenolic OH excluding ortho intramolecular Hbond substituents is 1. The van der Waals surface area contributed by atoms with Gasteiger partial charge in [0.15, 0.2) is 17.0 Å². The number of methoxy groups -OCH3 is 1. The molecule has 156 valence electrons. The molecule has 0 unspecified atom stereocenters. The van der Waals surface area contributed by atoms with Crippen LogP contribution in [0.15, 0.2) is 48.5 Å². The highest BCUT2D eigenvalue weighted by Crippen LogP contribution is 2.47. The molecule has 2 amide bonds. The number of nitrogens with zero attached hydrogens (tertiary/aromatic N) is 1. The molecule has 0 saturated carbocycles. The van der Waals surface area contributed by atoms with Gasteiger partial charge in [0.1, 0.15) is 23.8 Å². The second-order valence-electron chi connectivity index (χ2n) is 7.82. The van der Waals surface area contributed by atoms with Crippen LogP contribution in [0.3, 0.4) is 0 Å². The zero-order valence-electron chi connectivity index (χ0n) is 16.6. The van der Waals surface area contributed by atoms with Gasteiger partial charge in [0.2, 0.25) is 11.8 Å². The van der Waals surface area contributed by atoms with Crippen molar-refractivity contribution in [1.29, 1.82) is 0 Å². The van der Waals surface area contributed by atoms with Crippen LogP contribution in [0, 0.1) is 11.8 Å². The molecular formula is C22H22N2O6. The highest BCUT2D eigenvalue weighted by atomic mass is 16.5. The number of carboxylic acid groups (broad SMARTS) is 1. The third-order valence-corrected chi connectivity index (χ3v) is 6.32. The van der Waals surface area contributed by atoms with E-state index in [0.29, 0.717) is 11.1 Å². The monoisotopic (exact) mass is 410 g/mol. The van der Waals surface area contributed by atoms with Crippen molar-refractivity contribution in [2.75, 3.05) is 14.2 Å². The Morgan fingerprint density at radius 2 is 1.87 bits per heavy atom. The number of carbonyl (C=O) groups excluding carboxylic acids is 3. The third-order valence-electron chi connectivity index (χ3n) is 6.32. The van der Waals surface area contributed by atoms with Gasteiger partial charge >= 0.3 is 0 Å². The molecule has 8 nitrogen and oxygen atoms in total. The molecule has 8 heteroatoms. The quantitative estimate of drug-likeness (QED) is 0.609. The van der Waals surface area contributed by atoms with Gasteiger partial charge in [-0.15, -0.1) is 0 Å². The van der Waals surface area contributed by atoms with Crippen LogP contribution in [0.1, 0.15) is 17.2 Å². The summed E-state index contributed by atoms with van der Waals surface area (Å²) in [6, 6.07) is 13.0. The number of quaternary nitrogens is 1. The van der Waals surface area contributed by atoms with E-state index < -0.39 is 41.2 Å². The molecule has 30 heavy (non-hydrogen) atoms. The lowest BCUT2D eigenvalue weighted by atomic mass is 9.76. The van der Waals surface area contributed by atoms with Gasteiger partial charge in [0.05, 0.1) is 12.7 Å². The topological polar surface area (TPSA) is 124 Å². The summed E-state index contributed by atoms with van der Waals surface area (Å²) < 4.78 is 5.17. The number of benzene rings is 2. The highest BCUT2D eigenvalue weighted by Gasteiger charge is 2.69. The fourth-order valence-electron chi connectivity index (χ4n) is 4.89. The van der Waals surface area contributed by atoms with Crippen molar-refractivity contribution < 1.29 is 34.7 Å². The zero-order chi connectivity index (χ0) is 21.6. The van der Waals surface area contributed by atoms with Gasteiger partial charge in [-0.25, -0.2) is 0 Å². The van der Waals surface area contributed by atoms with Crippen LogP contribution in [0.5, 0.6) is 11.5 Å². The van der Waals surface area contributed by atoms with Gasteiger partial charge < -0.3 is 25.1 Å². The summed E-state index contributed by atoms with van der Waals surface area (Å²) in [5.74, 6) is -4.46. The Hall–Kier alpha value is -3.39. The van der Waals surface area contributed by atoms with E-state index in [0.717, 1.165) is 4.90 Å². The zero-order valence-corrected chi connectivity index (χ0v) is 16.6. The van der Waals surface area contributed by atoms with E-state index in [1.807, 2.05) is 6.07 Å². The standard InChI is InChI=1S/C22H22N2O6/c1-24-19(26)15-16(20(24)27)22(21(28)29,11-12-7-4-3-5-8-12)23-17(15)13-9-6-10-14(30-2)18(13)25/h3-10,15-17,23,25H,11H2,1-2H3,(H,28,29)/t15-,16+,17+,22-/m1/s1. The summed E-state index contributed by atoms with van der Waals surface area (Å²) >= 11 is 0. The summed E-state index contributed by atoms with van der Waals surface area (Å²) in [6.45, 7) is 0. The van der Waals surface area contributed by atoms with Gasteiger partial charge in [-0.05, 0) is 17.7 Å². The van der Waals surface area contributed by atoms with Gasteiger partial charge in [0.25, 0.3) is 0 Å². The predicted octanol–water partition coefficient (Wildman–Crippen LogP) is -1.02. The van der Waals surface area contributed by atoms with E-state index in [4.69, 9.17) is 4.74 Å². The number of imide groups is 1. The summed E-state index contributed by atoms with van der Waals surface area (Å²) in [5.41, 5.74) is -0.636. The maximum absolute atomic E-state index is 13.0. The van der Waals surface area contributed by atoms with Crippen molar-refractivity contribution in [3.63, 3.8) is 0 Å². The molecular weight excluding hydrogens is 388 g/mol. The number of para-hydroxylation sites is 1. The molecule has 0 bridgehead atoms. The first kappa shape index (κ1) is 19.9. The van der Waals surface area contributed by atoms with Gasteiger partial charge in [0, 0.05) is 13.5 Å². The number of aliphatic carboxylic acids is 1. The number of hydrogen-bond donors (Lipinski definition) is 2. The van der Waals surface area contributed by atoms with Crippen molar-refractivity contribution in [1.82, 2.24) is 4.90 Å². The molecule has 2 aromatic carbocycles. The molecule has 0 aromatic heterocycles. The number of amides is 2. The number of ether oxygens (including phenoxy) is 1. The fourth-order valence-corrected chi connectivity index (χ4v) is 4.89.